The molecule has 0 saturated carbocycles. The van der Waals surface area contributed by atoms with Gasteiger partial charge in [0.15, 0.2) is 5.13 Å². The summed E-state index contributed by atoms with van der Waals surface area (Å²) in [6.45, 7) is 3.77. The van der Waals surface area contributed by atoms with Crippen molar-refractivity contribution in [3.05, 3.63) is 77.8 Å². The van der Waals surface area contributed by atoms with Crippen molar-refractivity contribution in [2.45, 2.75) is 26.3 Å². The first-order valence-electron chi connectivity index (χ1n) is 10.5. The molecule has 0 aliphatic heterocycles. The molecule has 9 heteroatoms. The fraction of sp³-hybridized carbons (Fsp3) is 0.217. The minimum atomic E-state index is -0.169. The lowest BCUT2D eigenvalue weighted by molar-refractivity contribution is 0.103. The average molecular weight is 448 g/mol. The molecule has 0 aliphatic carbocycles. The normalized spacial score (nSPS) is 10.7. The topological polar surface area (TPSA) is 96.8 Å². The van der Waals surface area contributed by atoms with E-state index in [9.17, 15) is 4.79 Å². The van der Waals surface area contributed by atoms with Gasteiger partial charge in [-0.3, -0.25) is 4.79 Å². The lowest BCUT2D eigenvalue weighted by Crippen LogP contribution is -2.11. The smallest absolute Gasteiger partial charge is 0.267 e. The van der Waals surface area contributed by atoms with Crippen LogP contribution < -0.4 is 16.0 Å². The van der Waals surface area contributed by atoms with Gasteiger partial charge in [-0.05, 0) is 36.6 Å². The molecule has 1 amide bonds. The highest BCUT2D eigenvalue weighted by molar-refractivity contribution is 7.17. The van der Waals surface area contributed by atoms with Crippen molar-refractivity contribution >= 4 is 39.7 Å². The number of carbonyl (C=O) groups excluding carboxylic acids is 1. The predicted molar refractivity (Wildman–Crippen MR) is 129 cm³/mol. The van der Waals surface area contributed by atoms with Gasteiger partial charge in [-0.25, -0.2) is 15.0 Å². The molecule has 8 nitrogen and oxygen atoms in total. The zero-order valence-electron chi connectivity index (χ0n) is 17.8. The van der Waals surface area contributed by atoms with Crippen molar-refractivity contribution in [2.75, 3.05) is 22.5 Å². The van der Waals surface area contributed by atoms with Crippen LogP contribution in [-0.2, 0) is 13.0 Å². The number of aryl methyl sites for hydroxylation is 2. The summed E-state index contributed by atoms with van der Waals surface area (Å²) in [6, 6.07) is 13.5. The number of hydrogen-bond acceptors (Lipinski definition) is 7. The van der Waals surface area contributed by atoms with Gasteiger partial charge in [-0.1, -0.05) is 42.5 Å². The maximum atomic E-state index is 12.6. The van der Waals surface area contributed by atoms with Crippen molar-refractivity contribution in [1.82, 2.24) is 19.5 Å². The highest BCUT2D eigenvalue weighted by Gasteiger charge is 2.13. The highest BCUT2D eigenvalue weighted by atomic mass is 32.1. The number of anilines is 4. The van der Waals surface area contributed by atoms with Crippen LogP contribution in [0.25, 0.3) is 0 Å². The van der Waals surface area contributed by atoms with Gasteiger partial charge in [-0.2, -0.15) is 0 Å². The van der Waals surface area contributed by atoms with Crippen molar-refractivity contribution in [3.63, 3.8) is 0 Å². The maximum Gasteiger partial charge on any atom is 0.267 e. The number of nitrogens with one attached hydrogen (secondary N) is 3. The molecular weight excluding hydrogens is 422 g/mol. The van der Waals surface area contributed by atoms with Gasteiger partial charge in [-0.15, -0.1) is 0 Å². The summed E-state index contributed by atoms with van der Waals surface area (Å²) in [4.78, 5) is 26.1. The molecule has 3 N–H and O–H groups in total. The molecule has 1 aromatic carbocycles. The van der Waals surface area contributed by atoms with Crippen molar-refractivity contribution in [3.8, 4) is 0 Å². The second-order valence-corrected chi connectivity index (χ2v) is 8.14. The fourth-order valence-electron chi connectivity index (χ4n) is 3.18. The molecule has 164 valence electrons. The number of amides is 1. The monoisotopic (exact) mass is 447 g/mol. The quantitative estimate of drug-likeness (QED) is 0.302. The molecule has 0 fully saturated rings. The van der Waals surface area contributed by atoms with E-state index in [2.05, 4.69) is 37.8 Å². The molecule has 3 aromatic heterocycles. The van der Waals surface area contributed by atoms with E-state index < -0.39 is 0 Å². The van der Waals surface area contributed by atoms with E-state index in [0.29, 0.717) is 15.8 Å². The standard InChI is InChI=1S/C23H25N7OS/c1-2-17-7-3-4-8-18(17)27-22(31)19-15-26-23(32-19)29-21-10-5-9-20(28-21)25-11-6-13-30-14-12-24-16-30/h3-5,7-10,12,14-16H,2,6,11,13H2,1H3,(H,27,31)(H2,25,26,28,29). The summed E-state index contributed by atoms with van der Waals surface area (Å²) >= 11 is 1.29. The van der Waals surface area contributed by atoms with Crippen molar-refractivity contribution in [2.24, 2.45) is 0 Å². The first kappa shape index (κ1) is 21.5. The zero-order chi connectivity index (χ0) is 22.2. The SMILES string of the molecule is CCc1ccccc1NC(=O)c1cnc(Nc2cccc(NCCCn3ccnc3)n2)s1. The number of aromatic nitrogens is 4. The van der Waals surface area contributed by atoms with Gasteiger partial charge in [0, 0.05) is 31.2 Å². The third kappa shape index (κ3) is 5.70. The number of imidazole rings is 1. The van der Waals surface area contributed by atoms with Crippen LogP contribution >= 0.6 is 11.3 Å². The average Bonchev–Trinajstić information content (AvgIpc) is 3.50. The molecule has 0 atom stereocenters. The molecule has 4 aromatic rings. The van der Waals surface area contributed by atoms with E-state index >= 15 is 0 Å². The first-order valence-corrected chi connectivity index (χ1v) is 11.3. The Bertz CT molecular complexity index is 1160. The van der Waals surface area contributed by atoms with Crippen molar-refractivity contribution < 1.29 is 4.79 Å². The Morgan fingerprint density at radius 3 is 2.84 bits per heavy atom. The third-order valence-electron chi connectivity index (χ3n) is 4.82. The number of nitrogens with zero attached hydrogens (tertiary/aromatic N) is 4. The van der Waals surface area contributed by atoms with Crippen LogP contribution in [0.15, 0.2) is 67.4 Å². The molecule has 0 spiro atoms. The van der Waals surface area contributed by atoms with E-state index in [1.54, 1.807) is 12.4 Å². The second kappa shape index (κ2) is 10.5. The summed E-state index contributed by atoms with van der Waals surface area (Å²) in [5.41, 5.74) is 1.93. The van der Waals surface area contributed by atoms with Crippen LogP contribution in [0, 0.1) is 0 Å². The van der Waals surface area contributed by atoms with Crippen LogP contribution in [0.3, 0.4) is 0 Å². The number of hydrogen-bond donors (Lipinski definition) is 3. The molecule has 3 heterocycles. The lowest BCUT2D eigenvalue weighted by Gasteiger charge is -2.08. The Balaban J connectivity index is 1.32. The molecular formula is C23H25N7OS. The lowest BCUT2D eigenvalue weighted by atomic mass is 10.1. The van der Waals surface area contributed by atoms with E-state index in [-0.39, 0.29) is 5.91 Å². The Morgan fingerprint density at radius 1 is 1.12 bits per heavy atom. The number of benzene rings is 1. The molecule has 0 bridgehead atoms. The Hall–Kier alpha value is -3.72. The minimum absolute atomic E-state index is 0.169. The first-order chi connectivity index (χ1) is 15.7. The Kier molecular flexibility index (Phi) is 7.08. The zero-order valence-corrected chi connectivity index (χ0v) is 18.6. The molecule has 0 aliphatic rings. The van der Waals surface area contributed by atoms with Gasteiger partial charge < -0.3 is 20.5 Å². The van der Waals surface area contributed by atoms with Gasteiger partial charge in [0.05, 0.1) is 12.5 Å². The van der Waals surface area contributed by atoms with E-state index in [0.717, 1.165) is 43.0 Å². The molecule has 4 rings (SSSR count). The van der Waals surface area contributed by atoms with Crippen LogP contribution in [0.4, 0.5) is 22.5 Å². The minimum Gasteiger partial charge on any atom is -0.370 e. The van der Waals surface area contributed by atoms with Crippen LogP contribution in [0.5, 0.6) is 0 Å². The number of para-hydroxylation sites is 1. The van der Waals surface area contributed by atoms with E-state index in [1.807, 2.05) is 59.6 Å². The number of pyridine rings is 1. The third-order valence-corrected chi connectivity index (χ3v) is 5.73. The van der Waals surface area contributed by atoms with Crippen LogP contribution in [-0.4, -0.2) is 32.0 Å². The van der Waals surface area contributed by atoms with Gasteiger partial charge >= 0.3 is 0 Å². The molecule has 0 unspecified atom stereocenters. The largest absolute Gasteiger partial charge is 0.370 e. The Morgan fingerprint density at radius 2 is 2.00 bits per heavy atom. The summed E-state index contributed by atoms with van der Waals surface area (Å²) < 4.78 is 2.05. The van der Waals surface area contributed by atoms with Gasteiger partial charge in [0.1, 0.15) is 16.5 Å². The van der Waals surface area contributed by atoms with E-state index in [4.69, 9.17) is 0 Å². The summed E-state index contributed by atoms with van der Waals surface area (Å²) in [5, 5.41) is 10.1. The summed E-state index contributed by atoms with van der Waals surface area (Å²) in [5.74, 6) is 1.28. The second-order valence-electron chi connectivity index (χ2n) is 7.11. The predicted octanol–water partition coefficient (Wildman–Crippen LogP) is 4.80. The summed E-state index contributed by atoms with van der Waals surface area (Å²) in [6.07, 6.45) is 8.94. The summed E-state index contributed by atoms with van der Waals surface area (Å²) in [7, 11) is 0. The number of carbonyl (C=O) groups is 1. The molecule has 0 saturated heterocycles. The number of thiazole rings is 1. The van der Waals surface area contributed by atoms with E-state index in [1.165, 1.54) is 11.3 Å². The van der Waals surface area contributed by atoms with Gasteiger partial charge in [0.2, 0.25) is 0 Å². The fourth-order valence-corrected chi connectivity index (χ4v) is 3.90. The van der Waals surface area contributed by atoms with Crippen LogP contribution in [0.1, 0.15) is 28.6 Å². The Labute approximate surface area is 190 Å². The highest BCUT2D eigenvalue weighted by Crippen LogP contribution is 2.24. The maximum absolute atomic E-state index is 12.6. The van der Waals surface area contributed by atoms with Crippen molar-refractivity contribution in [1.29, 1.82) is 0 Å². The molecule has 32 heavy (non-hydrogen) atoms. The van der Waals surface area contributed by atoms with Crippen LogP contribution in [0.2, 0.25) is 0 Å². The number of rotatable bonds is 10. The van der Waals surface area contributed by atoms with Gasteiger partial charge in [0.25, 0.3) is 5.91 Å². The molecule has 0 radical (unpaired) electrons.